The molecule has 5 nitrogen and oxygen atoms in total. The largest absolute Gasteiger partial charge is 0.398 e. The molecule has 1 aromatic heterocycles. The van der Waals surface area contributed by atoms with Gasteiger partial charge in [0.05, 0.1) is 18.8 Å². The van der Waals surface area contributed by atoms with Gasteiger partial charge in [-0.05, 0) is 27.0 Å². The lowest BCUT2D eigenvalue weighted by Gasteiger charge is -2.39. The predicted octanol–water partition coefficient (Wildman–Crippen LogP) is 1.03. The van der Waals surface area contributed by atoms with Crippen molar-refractivity contribution >= 4 is 5.69 Å². The minimum atomic E-state index is 0.0789. The molecular formula is C14H24N4O. The van der Waals surface area contributed by atoms with Crippen LogP contribution in [0.1, 0.15) is 25.5 Å². The fourth-order valence-corrected chi connectivity index (χ4v) is 2.59. The zero-order valence-corrected chi connectivity index (χ0v) is 12.0. The van der Waals surface area contributed by atoms with E-state index in [1.807, 2.05) is 19.3 Å². The number of anilines is 1. The van der Waals surface area contributed by atoms with Crippen LogP contribution in [0.5, 0.6) is 0 Å². The van der Waals surface area contributed by atoms with E-state index in [-0.39, 0.29) is 12.1 Å². The van der Waals surface area contributed by atoms with Crippen molar-refractivity contribution in [2.45, 2.75) is 32.0 Å². The monoisotopic (exact) mass is 264 g/mol. The first-order valence-electron chi connectivity index (χ1n) is 6.85. The number of pyridine rings is 1. The smallest absolute Gasteiger partial charge is 0.0898 e. The van der Waals surface area contributed by atoms with Gasteiger partial charge in [-0.1, -0.05) is 0 Å². The summed E-state index contributed by atoms with van der Waals surface area (Å²) in [7, 11) is 1.94. The average molecular weight is 264 g/mol. The number of aromatic nitrogens is 1. The lowest BCUT2D eigenvalue weighted by molar-refractivity contribution is -0.0549. The standard InChI is InChI=1S/C14H24N4O/c1-10(2)18-6-7-19-13(9-18)14(16-3)11-8-17-5-4-12(11)15/h4-5,8,10,13-14,16H,6-7,9H2,1-3H3,(H2,15,17). The van der Waals surface area contributed by atoms with Crippen LogP contribution in [-0.2, 0) is 4.74 Å². The van der Waals surface area contributed by atoms with E-state index < -0.39 is 0 Å². The van der Waals surface area contributed by atoms with Gasteiger partial charge in [-0.2, -0.15) is 0 Å². The Morgan fingerprint density at radius 1 is 1.53 bits per heavy atom. The number of ether oxygens (including phenoxy) is 1. The van der Waals surface area contributed by atoms with Gasteiger partial charge in [0.25, 0.3) is 0 Å². The van der Waals surface area contributed by atoms with Gasteiger partial charge in [0.15, 0.2) is 0 Å². The molecule has 3 N–H and O–H groups in total. The molecule has 0 spiro atoms. The summed E-state index contributed by atoms with van der Waals surface area (Å²) < 4.78 is 5.93. The summed E-state index contributed by atoms with van der Waals surface area (Å²) in [5, 5.41) is 3.32. The molecule has 0 saturated carbocycles. The number of nitrogens with zero attached hydrogens (tertiary/aromatic N) is 2. The Kier molecular flexibility index (Phi) is 4.74. The molecule has 2 heterocycles. The lowest BCUT2D eigenvalue weighted by atomic mass is 10.00. The average Bonchev–Trinajstić information content (AvgIpc) is 2.42. The van der Waals surface area contributed by atoms with Crippen molar-refractivity contribution < 1.29 is 4.74 Å². The van der Waals surface area contributed by atoms with Crippen molar-refractivity contribution in [2.24, 2.45) is 0 Å². The first-order valence-corrected chi connectivity index (χ1v) is 6.85. The van der Waals surface area contributed by atoms with Crippen LogP contribution in [0.3, 0.4) is 0 Å². The Bertz CT molecular complexity index is 410. The Morgan fingerprint density at radius 2 is 2.32 bits per heavy atom. The highest BCUT2D eigenvalue weighted by Crippen LogP contribution is 2.26. The molecule has 19 heavy (non-hydrogen) atoms. The van der Waals surface area contributed by atoms with Gasteiger partial charge >= 0.3 is 0 Å². The minimum absolute atomic E-state index is 0.0789. The van der Waals surface area contributed by atoms with E-state index in [4.69, 9.17) is 10.5 Å². The second kappa shape index (κ2) is 6.32. The molecule has 1 fully saturated rings. The molecule has 1 aromatic rings. The van der Waals surface area contributed by atoms with Gasteiger partial charge in [-0.15, -0.1) is 0 Å². The summed E-state index contributed by atoms with van der Waals surface area (Å²) in [6.07, 6.45) is 3.65. The highest BCUT2D eigenvalue weighted by atomic mass is 16.5. The summed E-state index contributed by atoms with van der Waals surface area (Å²) in [6.45, 7) is 7.11. The number of nitrogens with two attached hydrogens (primary N) is 1. The molecule has 5 heteroatoms. The van der Waals surface area contributed by atoms with Crippen LogP contribution in [0, 0.1) is 0 Å². The zero-order chi connectivity index (χ0) is 13.8. The SMILES string of the molecule is CNC(c1cnccc1N)C1CN(C(C)C)CCO1. The minimum Gasteiger partial charge on any atom is -0.398 e. The molecule has 0 aliphatic carbocycles. The molecule has 2 atom stereocenters. The van der Waals surface area contributed by atoms with Crippen LogP contribution >= 0.6 is 0 Å². The van der Waals surface area contributed by atoms with Crippen molar-refractivity contribution in [1.82, 2.24) is 15.2 Å². The summed E-state index contributed by atoms with van der Waals surface area (Å²) in [4.78, 5) is 6.61. The number of nitrogen functional groups attached to an aromatic ring is 1. The van der Waals surface area contributed by atoms with Crippen LogP contribution in [0.15, 0.2) is 18.5 Å². The van der Waals surface area contributed by atoms with E-state index in [1.54, 1.807) is 6.20 Å². The zero-order valence-electron chi connectivity index (χ0n) is 12.0. The summed E-state index contributed by atoms with van der Waals surface area (Å²) in [6, 6.07) is 2.45. The van der Waals surface area contributed by atoms with Crippen molar-refractivity contribution in [3.8, 4) is 0 Å². The first-order chi connectivity index (χ1) is 9.13. The fourth-order valence-electron chi connectivity index (χ4n) is 2.59. The second-order valence-electron chi connectivity index (χ2n) is 5.27. The molecule has 1 aliphatic rings. The Hall–Kier alpha value is -1.17. The molecule has 0 amide bonds. The van der Waals surface area contributed by atoms with E-state index in [1.165, 1.54) is 0 Å². The number of hydrogen-bond acceptors (Lipinski definition) is 5. The van der Waals surface area contributed by atoms with Gasteiger partial charge in [0, 0.05) is 42.8 Å². The van der Waals surface area contributed by atoms with Crippen LogP contribution in [0.2, 0.25) is 0 Å². The van der Waals surface area contributed by atoms with Gasteiger partial charge in [0.1, 0.15) is 0 Å². The molecular weight excluding hydrogens is 240 g/mol. The topological polar surface area (TPSA) is 63.4 Å². The maximum absolute atomic E-state index is 6.05. The number of hydrogen-bond donors (Lipinski definition) is 2. The molecule has 0 aromatic carbocycles. The van der Waals surface area contributed by atoms with E-state index in [2.05, 4.69) is 29.0 Å². The van der Waals surface area contributed by atoms with Gasteiger partial charge in [0.2, 0.25) is 0 Å². The quantitative estimate of drug-likeness (QED) is 0.850. The molecule has 2 rings (SSSR count). The van der Waals surface area contributed by atoms with Gasteiger partial charge < -0.3 is 15.8 Å². The third kappa shape index (κ3) is 3.23. The van der Waals surface area contributed by atoms with E-state index in [0.717, 1.165) is 30.9 Å². The molecule has 1 saturated heterocycles. The Morgan fingerprint density at radius 3 is 2.95 bits per heavy atom. The van der Waals surface area contributed by atoms with Crippen LogP contribution in [0.4, 0.5) is 5.69 Å². The van der Waals surface area contributed by atoms with Crippen molar-refractivity contribution in [2.75, 3.05) is 32.5 Å². The van der Waals surface area contributed by atoms with Gasteiger partial charge in [-0.25, -0.2) is 0 Å². The van der Waals surface area contributed by atoms with E-state index in [0.29, 0.717) is 6.04 Å². The summed E-state index contributed by atoms with van der Waals surface area (Å²) in [5.74, 6) is 0. The third-order valence-electron chi connectivity index (χ3n) is 3.76. The highest BCUT2D eigenvalue weighted by Gasteiger charge is 2.30. The molecule has 0 bridgehead atoms. The van der Waals surface area contributed by atoms with Crippen LogP contribution in [0.25, 0.3) is 0 Å². The van der Waals surface area contributed by atoms with Crippen LogP contribution in [-0.4, -0.2) is 48.8 Å². The summed E-state index contributed by atoms with van der Waals surface area (Å²) >= 11 is 0. The van der Waals surface area contributed by atoms with Crippen LogP contribution < -0.4 is 11.1 Å². The molecule has 106 valence electrons. The molecule has 0 radical (unpaired) electrons. The number of likely N-dealkylation sites (N-methyl/N-ethyl adjacent to an activating group) is 1. The van der Waals surface area contributed by atoms with Crippen molar-refractivity contribution in [3.63, 3.8) is 0 Å². The molecule has 2 unspecified atom stereocenters. The number of nitrogens with one attached hydrogen (secondary N) is 1. The van der Waals surface area contributed by atoms with E-state index >= 15 is 0 Å². The normalized spacial score (nSPS) is 22.6. The highest BCUT2D eigenvalue weighted by molar-refractivity contribution is 5.46. The van der Waals surface area contributed by atoms with Crippen molar-refractivity contribution in [3.05, 3.63) is 24.0 Å². The van der Waals surface area contributed by atoms with E-state index in [9.17, 15) is 0 Å². The second-order valence-corrected chi connectivity index (χ2v) is 5.27. The predicted molar refractivity (Wildman–Crippen MR) is 76.9 cm³/mol. The number of morpholine rings is 1. The maximum Gasteiger partial charge on any atom is 0.0898 e. The van der Waals surface area contributed by atoms with Crippen molar-refractivity contribution in [1.29, 1.82) is 0 Å². The third-order valence-corrected chi connectivity index (χ3v) is 3.76. The number of rotatable bonds is 4. The lowest BCUT2D eigenvalue weighted by Crippen LogP contribution is -2.50. The maximum atomic E-state index is 6.05. The summed E-state index contributed by atoms with van der Waals surface area (Å²) in [5.41, 5.74) is 7.83. The van der Waals surface area contributed by atoms with Gasteiger partial charge in [-0.3, -0.25) is 9.88 Å². The fraction of sp³-hybridized carbons (Fsp3) is 0.643. The first kappa shape index (κ1) is 14.2. The Labute approximate surface area is 115 Å². The molecule has 1 aliphatic heterocycles. The Balaban J connectivity index is 2.16.